The van der Waals surface area contributed by atoms with Crippen LogP contribution < -0.4 is 0 Å². The second-order valence-corrected chi connectivity index (χ2v) is 11.0. The summed E-state index contributed by atoms with van der Waals surface area (Å²) in [4.78, 5) is 19.3. The van der Waals surface area contributed by atoms with Crippen LogP contribution in [0, 0.1) is 0 Å². The Kier molecular flexibility index (Phi) is 6.95. The molecule has 1 aliphatic rings. The lowest BCUT2D eigenvalue weighted by molar-refractivity contribution is -0.130. The monoisotopic (exact) mass is 470 g/mol. The third-order valence-corrected chi connectivity index (χ3v) is 8.17. The van der Waals surface area contributed by atoms with E-state index >= 15 is 0 Å². The van der Waals surface area contributed by atoms with Gasteiger partial charge in [0.15, 0.2) is 15.7 Å². The van der Waals surface area contributed by atoms with Gasteiger partial charge in [0.25, 0.3) is 0 Å². The molecule has 0 aliphatic carbocycles. The molecule has 9 heteroatoms. The van der Waals surface area contributed by atoms with Crippen LogP contribution in [0.1, 0.15) is 24.5 Å². The Bertz CT molecular complexity index is 1160. The average molecular weight is 471 g/mol. The number of nitrogens with zero attached hydrogens (tertiary/aromatic N) is 3. The molecule has 4 rings (SSSR count). The van der Waals surface area contributed by atoms with E-state index in [1.54, 1.807) is 4.90 Å². The molecule has 2 aromatic carbocycles. The van der Waals surface area contributed by atoms with E-state index in [9.17, 15) is 13.2 Å². The molecule has 2 heterocycles. The Morgan fingerprint density at radius 1 is 1.12 bits per heavy atom. The van der Waals surface area contributed by atoms with Crippen molar-refractivity contribution >= 4 is 27.5 Å². The Morgan fingerprint density at radius 3 is 2.53 bits per heavy atom. The number of hydrogen-bond acceptors (Lipinski definition) is 6. The molecule has 0 spiro atoms. The van der Waals surface area contributed by atoms with Crippen LogP contribution in [0.4, 0.5) is 0 Å². The lowest BCUT2D eigenvalue weighted by atomic mass is 10.1. The van der Waals surface area contributed by atoms with Crippen LogP contribution in [-0.2, 0) is 27.6 Å². The fourth-order valence-corrected chi connectivity index (χ4v) is 6.18. The van der Waals surface area contributed by atoms with E-state index in [2.05, 4.69) is 34.2 Å². The van der Waals surface area contributed by atoms with Gasteiger partial charge in [0, 0.05) is 18.2 Å². The molecule has 0 radical (unpaired) electrons. The summed E-state index contributed by atoms with van der Waals surface area (Å²) in [7, 11) is -3.10. The van der Waals surface area contributed by atoms with Crippen LogP contribution >= 0.6 is 11.8 Å². The van der Waals surface area contributed by atoms with E-state index < -0.39 is 9.84 Å². The summed E-state index contributed by atoms with van der Waals surface area (Å²) in [6.07, 6.45) is 1.45. The second-order valence-electron chi connectivity index (χ2n) is 7.87. The summed E-state index contributed by atoms with van der Waals surface area (Å²) in [6.45, 7) is 2.50. The molecule has 1 atom stereocenters. The molecule has 0 bridgehead atoms. The number of rotatable bonds is 8. The van der Waals surface area contributed by atoms with Crippen molar-refractivity contribution < 1.29 is 13.2 Å². The zero-order valence-electron chi connectivity index (χ0n) is 17.9. The lowest BCUT2D eigenvalue weighted by Crippen LogP contribution is -2.41. The molecule has 1 fully saturated rings. The number of H-pyrrole nitrogens is 1. The Balaban J connectivity index is 1.43. The summed E-state index contributed by atoms with van der Waals surface area (Å²) in [6, 6.07) is 17.5. The minimum absolute atomic E-state index is 0.0226. The summed E-state index contributed by atoms with van der Waals surface area (Å²) in [5, 5.41) is 7.66. The van der Waals surface area contributed by atoms with E-state index in [-0.39, 0.29) is 29.2 Å². The normalized spacial score (nSPS) is 17.3. The van der Waals surface area contributed by atoms with Crippen molar-refractivity contribution in [3.8, 4) is 11.4 Å². The smallest absolute Gasteiger partial charge is 0.233 e. The van der Waals surface area contributed by atoms with Crippen molar-refractivity contribution in [2.75, 3.05) is 17.3 Å². The van der Waals surface area contributed by atoms with E-state index in [4.69, 9.17) is 0 Å². The Labute approximate surface area is 192 Å². The maximum Gasteiger partial charge on any atom is 0.233 e. The molecular formula is C23H26N4O3S2. The number of thioether (sulfide) groups is 1. The molecule has 1 aromatic heterocycles. The number of sulfone groups is 1. The highest BCUT2D eigenvalue weighted by Crippen LogP contribution is 2.24. The first-order chi connectivity index (χ1) is 15.4. The van der Waals surface area contributed by atoms with Crippen LogP contribution in [0.2, 0.25) is 0 Å². The SMILES string of the molecule is CCc1ccc(-c2nc(SCC(=O)N(Cc3ccccc3)[C@@H]3CCS(=O)(=O)C3)n[nH]2)cc1. The molecule has 168 valence electrons. The van der Waals surface area contributed by atoms with Crippen LogP contribution in [0.3, 0.4) is 0 Å². The van der Waals surface area contributed by atoms with Crippen molar-refractivity contribution in [1.29, 1.82) is 0 Å². The van der Waals surface area contributed by atoms with Gasteiger partial charge in [-0.3, -0.25) is 9.89 Å². The van der Waals surface area contributed by atoms with E-state index in [0.717, 1.165) is 17.5 Å². The number of amides is 1. The van der Waals surface area contributed by atoms with Crippen molar-refractivity contribution in [2.45, 2.75) is 37.5 Å². The van der Waals surface area contributed by atoms with Crippen molar-refractivity contribution in [2.24, 2.45) is 0 Å². The van der Waals surface area contributed by atoms with Gasteiger partial charge in [-0.1, -0.05) is 73.3 Å². The van der Waals surface area contributed by atoms with Crippen molar-refractivity contribution in [3.05, 3.63) is 65.7 Å². The minimum Gasteiger partial charge on any atom is -0.334 e. The largest absolute Gasteiger partial charge is 0.334 e. The first kappa shape index (κ1) is 22.5. The van der Waals surface area contributed by atoms with Crippen LogP contribution in [0.25, 0.3) is 11.4 Å². The third-order valence-electron chi connectivity index (χ3n) is 5.59. The van der Waals surface area contributed by atoms with Crippen LogP contribution in [-0.4, -0.2) is 57.7 Å². The van der Waals surface area contributed by atoms with Gasteiger partial charge in [0.1, 0.15) is 0 Å². The van der Waals surface area contributed by atoms with E-state index in [1.807, 2.05) is 42.5 Å². The van der Waals surface area contributed by atoms with Gasteiger partial charge in [0.05, 0.1) is 17.3 Å². The highest BCUT2D eigenvalue weighted by molar-refractivity contribution is 7.99. The van der Waals surface area contributed by atoms with Gasteiger partial charge in [-0.2, -0.15) is 0 Å². The first-order valence-electron chi connectivity index (χ1n) is 10.6. The molecule has 7 nitrogen and oxygen atoms in total. The summed E-state index contributed by atoms with van der Waals surface area (Å²) in [5.41, 5.74) is 3.17. The fraction of sp³-hybridized carbons (Fsp3) is 0.348. The maximum atomic E-state index is 13.1. The molecule has 3 aromatic rings. The maximum absolute atomic E-state index is 13.1. The van der Waals surface area contributed by atoms with Gasteiger partial charge < -0.3 is 4.90 Å². The third kappa shape index (κ3) is 5.58. The predicted molar refractivity (Wildman–Crippen MR) is 126 cm³/mol. The number of benzene rings is 2. The molecule has 0 unspecified atom stereocenters. The standard InChI is InChI=1S/C23H26N4O3S2/c1-2-17-8-10-19(11-9-17)22-24-23(26-25-22)31-15-21(28)27(14-18-6-4-3-5-7-18)20-12-13-32(29,30)16-20/h3-11,20H,2,12-16H2,1H3,(H,24,25,26)/t20-/m1/s1. The minimum atomic E-state index is -3.10. The summed E-state index contributed by atoms with van der Waals surface area (Å²) >= 11 is 1.26. The lowest BCUT2D eigenvalue weighted by Gasteiger charge is -2.28. The zero-order chi connectivity index (χ0) is 22.6. The van der Waals surface area contributed by atoms with Crippen LogP contribution in [0.15, 0.2) is 59.8 Å². The summed E-state index contributed by atoms with van der Waals surface area (Å²) in [5.74, 6) is 0.847. The zero-order valence-corrected chi connectivity index (χ0v) is 19.5. The Morgan fingerprint density at radius 2 is 1.88 bits per heavy atom. The molecule has 1 amide bonds. The number of carbonyl (C=O) groups is 1. The molecular weight excluding hydrogens is 444 g/mol. The number of nitrogens with one attached hydrogen (secondary N) is 1. The first-order valence-corrected chi connectivity index (χ1v) is 13.4. The predicted octanol–water partition coefficient (Wildman–Crippen LogP) is 3.34. The van der Waals surface area contributed by atoms with Crippen LogP contribution in [0.5, 0.6) is 0 Å². The number of carbonyl (C=O) groups excluding carboxylic acids is 1. The van der Waals surface area contributed by atoms with Crippen molar-refractivity contribution in [1.82, 2.24) is 20.1 Å². The number of aromatic nitrogens is 3. The van der Waals surface area contributed by atoms with Gasteiger partial charge in [-0.15, -0.1) is 5.10 Å². The molecule has 32 heavy (non-hydrogen) atoms. The van der Waals surface area contributed by atoms with Gasteiger partial charge in [-0.05, 0) is 24.0 Å². The van der Waals surface area contributed by atoms with Gasteiger partial charge >= 0.3 is 0 Å². The average Bonchev–Trinajstić information content (AvgIpc) is 3.43. The van der Waals surface area contributed by atoms with Gasteiger partial charge in [0.2, 0.25) is 11.1 Å². The highest BCUT2D eigenvalue weighted by Gasteiger charge is 2.34. The topological polar surface area (TPSA) is 96.0 Å². The fourth-order valence-electron chi connectivity index (χ4n) is 3.77. The van der Waals surface area contributed by atoms with Crippen molar-refractivity contribution in [3.63, 3.8) is 0 Å². The quantitative estimate of drug-likeness (QED) is 0.507. The molecule has 1 aliphatic heterocycles. The van der Waals surface area contributed by atoms with Gasteiger partial charge in [-0.25, -0.2) is 13.4 Å². The molecule has 1 saturated heterocycles. The van der Waals surface area contributed by atoms with E-state index in [1.165, 1.54) is 17.3 Å². The Hall–Kier alpha value is -2.65. The summed E-state index contributed by atoms with van der Waals surface area (Å²) < 4.78 is 24.0. The number of hydrogen-bond donors (Lipinski definition) is 1. The molecule has 1 N–H and O–H groups in total. The number of aromatic amines is 1. The highest BCUT2D eigenvalue weighted by atomic mass is 32.2. The molecule has 0 saturated carbocycles. The van der Waals surface area contributed by atoms with E-state index in [0.29, 0.717) is 23.9 Å². The second kappa shape index (κ2) is 9.87. The number of aryl methyl sites for hydroxylation is 1.